The maximum atomic E-state index is 12.0. The molecule has 0 saturated carbocycles. The van der Waals surface area contributed by atoms with Crippen molar-refractivity contribution in [2.24, 2.45) is 0 Å². The van der Waals surface area contributed by atoms with Gasteiger partial charge in [0.15, 0.2) is 0 Å². The van der Waals surface area contributed by atoms with Gasteiger partial charge in [-0.15, -0.1) is 11.3 Å². The minimum atomic E-state index is -3.44. The van der Waals surface area contributed by atoms with Crippen molar-refractivity contribution in [1.29, 1.82) is 0 Å². The largest absolute Gasteiger partial charge is 0.263 e. The molecule has 0 aliphatic heterocycles. The summed E-state index contributed by atoms with van der Waals surface area (Å²) in [5.41, 5.74) is 0.913. The van der Waals surface area contributed by atoms with E-state index in [4.69, 9.17) is 0 Å². The Bertz CT molecular complexity index is 602. The van der Waals surface area contributed by atoms with Crippen molar-refractivity contribution in [2.45, 2.75) is 17.6 Å². The first kappa shape index (κ1) is 13.7. The molecule has 2 rings (SSSR count). The van der Waals surface area contributed by atoms with Crippen LogP contribution >= 0.6 is 27.3 Å². The van der Waals surface area contributed by atoms with E-state index in [0.717, 1.165) is 9.35 Å². The highest BCUT2D eigenvalue weighted by atomic mass is 79.9. The third kappa shape index (κ3) is 3.16. The van der Waals surface area contributed by atoms with Gasteiger partial charge in [0.1, 0.15) is 16.4 Å². The Morgan fingerprint density at radius 1 is 1.56 bits per heavy atom. The quantitative estimate of drug-likeness (QED) is 0.854. The molecule has 0 radical (unpaired) electrons. The van der Waals surface area contributed by atoms with Crippen LogP contribution in [0.25, 0.3) is 0 Å². The first-order valence-corrected chi connectivity index (χ1v) is 8.18. The number of nitrogens with zero attached hydrogens (tertiary/aromatic N) is 2. The maximum absolute atomic E-state index is 12.0. The number of sulfonamides is 1. The first-order chi connectivity index (χ1) is 8.49. The molecule has 2 aromatic heterocycles. The molecule has 0 fully saturated rings. The molecule has 0 aliphatic rings. The molecular weight excluding hydrogens is 340 g/mol. The second-order valence-electron chi connectivity index (χ2n) is 3.60. The highest BCUT2D eigenvalue weighted by Gasteiger charge is 2.17. The number of aromatic amines is 1. The molecule has 2 heterocycles. The van der Waals surface area contributed by atoms with E-state index >= 15 is 0 Å². The minimum Gasteiger partial charge on any atom is -0.263 e. The highest BCUT2D eigenvalue weighted by Crippen LogP contribution is 2.30. The van der Waals surface area contributed by atoms with Crippen LogP contribution in [0.1, 0.15) is 11.4 Å². The monoisotopic (exact) mass is 350 g/mol. The summed E-state index contributed by atoms with van der Waals surface area (Å²) in [4.78, 5) is 3.92. The number of halogens is 1. The lowest BCUT2D eigenvalue weighted by atomic mass is 10.4. The van der Waals surface area contributed by atoms with E-state index in [-0.39, 0.29) is 6.54 Å². The second kappa shape index (κ2) is 5.47. The molecular formula is C9H11BrN4O2S2. The summed E-state index contributed by atoms with van der Waals surface area (Å²) >= 11 is 4.51. The lowest BCUT2D eigenvalue weighted by molar-refractivity contribution is 0.583. The zero-order valence-corrected chi connectivity index (χ0v) is 12.7. The summed E-state index contributed by atoms with van der Waals surface area (Å²) in [6.45, 7) is 2.14. The molecule has 6 nitrogen and oxygen atoms in total. The van der Waals surface area contributed by atoms with Crippen LogP contribution < -0.4 is 4.72 Å². The molecule has 0 bridgehead atoms. The number of nitrogens with one attached hydrogen (secondary N) is 2. The van der Waals surface area contributed by atoms with Crippen molar-refractivity contribution in [2.75, 3.05) is 6.54 Å². The minimum absolute atomic E-state index is 0.284. The molecule has 0 aromatic carbocycles. The van der Waals surface area contributed by atoms with Crippen molar-refractivity contribution in [3.63, 3.8) is 0 Å². The predicted octanol–water partition coefficient (Wildman–Crippen LogP) is 1.46. The van der Waals surface area contributed by atoms with Crippen LogP contribution in [-0.4, -0.2) is 30.1 Å². The predicted molar refractivity (Wildman–Crippen MR) is 72.0 cm³/mol. The van der Waals surface area contributed by atoms with Crippen LogP contribution in [0, 0.1) is 6.92 Å². The molecule has 0 saturated heterocycles. The van der Waals surface area contributed by atoms with Crippen molar-refractivity contribution in [3.05, 3.63) is 27.6 Å². The number of rotatable bonds is 5. The highest BCUT2D eigenvalue weighted by molar-refractivity contribution is 9.11. The van der Waals surface area contributed by atoms with Crippen LogP contribution in [0.4, 0.5) is 0 Å². The van der Waals surface area contributed by atoms with Gasteiger partial charge in [0.25, 0.3) is 0 Å². The van der Waals surface area contributed by atoms with E-state index in [1.54, 1.807) is 6.07 Å². The average molecular weight is 351 g/mol. The van der Waals surface area contributed by atoms with Crippen molar-refractivity contribution in [3.8, 4) is 0 Å². The Morgan fingerprint density at radius 3 is 2.89 bits per heavy atom. The Hall–Kier alpha value is -0.770. The van der Waals surface area contributed by atoms with Crippen LogP contribution in [-0.2, 0) is 16.4 Å². The molecule has 0 spiro atoms. The molecule has 2 N–H and O–H groups in total. The van der Waals surface area contributed by atoms with E-state index in [1.165, 1.54) is 17.7 Å². The molecule has 9 heteroatoms. The summed E-state index contributed by atoms with van der Waals surface area (Å²) in [5, 5.41) is 6.37. The van der Waals surface area contributed by atoms with Gasteiger partial charge in [0, 0.05) is 13.0 Å². The third-order valence-electron chi connectivity index (χ3n) is 2.22. The fourth-order valence-corrected chi connectivity index (χ4v) is 4.59. The average Bonchev–Trinajstić information content (AvgIpc) is 2.90. The van der Waals surface area contributed by atoms with Gasteiger partial charge in [-0.25, -0.2) is 18.1 Å². The van der Waals surface area contributed by atoms with E-state index in [2.05, 4.69) is 35.8 Å². The summed E-state index contributed by atoms with van der Waals surface area (Å²) in [6, 6.07) is 1.64. The summed E-state index contributed by atoms with van der Waals surface area (Å²) in [5.74, 6) is 0.654. The van der Waals surface area contributed by atoms with E-state index in [0.29, 0.717) is 16.5 Å². The topological polar surface area (TPSA) is 87.7 Å². The van der Waals surface area contributed by atoms with Crippen LogP contribution in [0.3, 0.4) is 0 Å². The number of hydrogen-bond acceptors (Lipinski definition) is 5. The van der Waals surface area contributed by atoms with Crippen molar-refractivity contribution in [1.82, 2.24) is 19.9 Å². The van der Waals surface area contributed by atoms with E-state index < -0.39 is 10.0 Å². The third-order valence-corrected chi connectivity index (χ3v) is 6.29. The van der Waals surface area contributed by atoms with Gasteiger partial charge >= 0.3 is 0 Å². The fourth-order valence-electron chi connectivity index (χ4n) is 1.29. The van der Waals surface area contributed by atoms with Gasteiger partial charge in [-0.05, 0) is 34.5 Å². The normalized spacial score (nSPS) is 11.9. The van der Waals surface area contributed by atoms with Crippen LogP contribution in [0.15, 0.2) is 20.4 Å². The lowest BCUT2D eigenvalue weighted by Crippen LogP contribution is -2.25. The molecule has 0 unspecified atom stereocenters. The van der Waals surface area contributed by atoms with Gasteiger partial charge in [-0.2, -0.15) is 5.10 Å². The van der Waals surface area contributed by atoms with Gasteiger partial charge in [0.05, 0.1) is 3.79 Å². The summed E-state index contributed by atoms with van der Waals surface area (Å²) in [6.07, 6.45) is 1.87. The van der Waals surface area contributed by atoms with Crippen LogP contribution in [0.5, 0.6) is 0 Å². The zero-order valence-electron chi connectivity index (χ0n) is 9.47. The Balaban J connectivity index is 1.99. The first-order valence-electron chi connectivity index (χ1n) is 5.09. The number of thiophene rings is 1. The SMILES string of the molecule is Cc1cc(S(=O)(=O)NCCc2ncn[nH]2)sc1Br. The molecule has 98 valence electrons. The van der Waals surface area contributed by atoms with Crippen molar-refractivity contribution >= 4 is 37.3 Å². The number of aryl methyl sites for hydroxylation is 1. The number of aromatic nitrogens is 3. The van der Waals surface area contributed by atoms with E-state index in [9.17, 15) is 8.42 Å². The lowest BCUT2D eigenvalue weighted by Gasteiger charge is -2.02. The smallest absolute Gasteiger partial charge is 0.250 e. The van der Waals surface area contributed by atoms with Crippen LogP contribution in [0.2, 0.25) is 0 Å². The molecule has 2 aromatic rings. The standard InChI is InChI=1S/C9H11BrN4O2S2/c1-6-4-8(17-9(6)10)18(15,16)13-3-2-7-11-5-12-14-7/h4-5,13H,2-3H2,1H3,(H,11,12,14). The maximum Gasteiger partial charge on any atom is 0.250 e. The van der Waals surface area contributed by atoms with Gasteiger partial charge in [-0.1, -0.05) is 0 Å². The molecule has 0 amide bonds. The van der Waals surface area contributed by atoms with E-state index in [1.807, 2.05) is 6.92 Å². The molecule has 0 aliphatic carbocycles. The van der Waals surface area contributed by atoms with Gasteiger partial charge < -0.3 is 0 Å². The van der Waals surface area contributed by atoms with Crippen molar-refractivity contribution < 1.29 is 8.42 Å². The fraction of sp³-hybridized carbons (Fsp3) is 0.333. The Kier molecular flexibility index (Phi) is 4.15. The Morgan fingerprint density at radius 2 is 2.33 bits per heavy atom. The second-order valence-corrected chi connectivity index (χ2v) is 7.97. The number of H-pyrrole nitrogens is 1. The van der Waals surface area contributed by atoms with Gasteiger partial charge in [-0.3, -0.25) is 5.10 Å². The molecule has 18 heavy (non-hydrogen) atoms. The summed E-state index contributed by atoms with van der Waals surface area (Å²) < 4.78 is 27.6. The summed E-state index contributed by atoms with van der Waals surface area (Å²) in [7, 11) is -3.44. The Labute approximate surface area is 117 Å². The number of hydrogen-bond donors (Lipinski definition) is 2. The molecule has 0 atom stereocenters. The zero-order chi connectivity index (χ0) is 13.2. The van der Waals surface area contributed by atoms with Gasteiger partial charge in [0.2, 0.25) is 10.0 Å².